The number of ether oxygens (including phenoxy) is 3. The van der Waals surface area contributed by atoms with Gasteiger partial charge in [-0.3, -0.25) is 14.4 Å². The Hall–Kier alpha value is -6.24. The van der Waals surface area contributed by atoms with E-state index in [2.05, 4.69) is 36.9 Å². The van der Waals surface area contributed by atoms with Crippen LogP contribution < -0.4 is 20.3 Å². The molecule has 76 heavy (non-hydrogen) atoms. The summed E-state index contributed by atoms with van der Waals surface area (Å²) in [6, 6.07) is 26.9. The van der Waals surface area contributed by atoms with E-state index in [1.807, 2.05) is 120 Å². The number of aliphatic hydroxyl groups is 1. The molecule has 0 spiro atoms. The second kappa shape index (κ2) is 25.3. The summed E-state index contributed by atoms with van der Waals surface area (Å²) < 4.78 is 34.6. The first-order chi connectivity index (χ1) is 36.5. The molecule has 2 aliphatic rings. The third kappa shape index (κ3) is 14.0. The van der Waals surface area contributed by atoms with Gasteiger partial charge in [-0.2, -0.15) is 0 Å². The van der Waals surface area contributed by atoms with Crippen molar-refractivity contribution in [3.8, 4) is 16.2 Å². The van der Waals surface area contributed by atoms with Crippen molar-refractivity contribution in [1.82, 2.24) is 35.5 Å². The second-order valence-corrected chi connectivity index (χ2v) is 22.4. The molecule has 6 aromatic rings. The minimum absolute atomic E-state index is 0.0324. The summed E-state index contributed by atoms with van der Waals surface area (Å²) >= 11 is 8.40. The van der Waals surface area contributed by atoms with Crippen molar-refractivity contribution in [1.29, 1.82) is 0 Å². The zero-order chi connectivity index (χ0) is 54.0. The quantitative estimate of drug-likeness (QED) is 0.0522. The molecule has 0 radical (unpaired) electrons. The molecule has 8 rings (SSSR count). The fourth-order valence-electron chi connectivity index (χ4n) is 10.3. The van der Waals surface area contributed by atoms with Crippen LogP contribution in [0.25, 0.3) is 10.4 Å². The number of thiazole rings is 1. The first-order valence-corrected chi connectivity index (χ1v) is 27.3. The largest absolute Gasteiger partial charge is 0.492 e. The molecule has 1 saturated carbocycles. The van der Waals surface area contributed by atoms with Crippen LogP contribution in [0.4, 0.5) is 10.1 Å². The molecular formula is C58H70ClFN8O7S. The second-order valence-electron chi connectivity index (χ2n) is 21.2. The smallest absolute Gasteiger partial charge is 0.246 e. The van der Waals surface area contributed by atoms with Crippen LogP contribution in [0.2, 0.25) is 5.02 Å². The number of aromatic nitrogens is 4. The van der Waals surface area contributed by atoms with Crippen LogP contribution in [0.5, 0.6) is 5.75 Å². The SMILES string of the molecule is Cc1cccc(CN(CC2(c3ccccc3F)CCCC2)c2ccc(OCCn3cc(COCCOCC(=O)N[C@H](C(=O)N4C[C@@H](O)C[C@H]4C(=O)N[C@@H](C)c4ccc(-c5scnc5C)cc4)C(C)(C)C)nn3)cc2)c1Cl. The number of aryl methyl sites for hydroxylation is 2. The van der Waals surface area contributed by atoms with Gasteiger partial charge in [-0.05, 0) is 97.2 Å². The number of nitrogens with zero attached hydrogens (tertiary/aromatic N) is 6. The normalized spacial score (nSPS) is 17.1. The molecular weight excluding hydrogens is 1010 g/mol. The van der Waals surface area contributed by atoms with Crippen molar-refractivity contribution >= 4 is 46.3 Å². The number of halogens is 2. The lowest BCUT2D eigenvalue weighted by Crippen LogP contribution is -2.58. The number of amides is 3. The summed E-state index contributed by atoms with van der Waals surface area (Å²) in [6.07, 6.45) is 4.90. The minimum atomic E-state index is -0.992. The molecule has 0 bridgehead atoms. The number of nitrogens with one attached hydrogen (secondary N) is 2. The van der Waals surface area contributed by atoms with Gasteiger partial charge in [-0.25, -0.2) is 14.1 Å². The molecule has 1 saturated heterocycles. The Kier molecular flexibility index (Phi) is 18.6. The van der Waals surface area contributed by atoms with Crippen LogP contribution in [-0.2, 0) is 49.0 Å². The van der Waals surface area contributed by atoms with Gasteiger partial charge in [0.25, 0.3) is 0 Å². The molecule has 3 heterocycles. The Bertz CT molecular complexity index is 2900. The van der Waals surface area contributed by atoms with Gasteiger partial charge in [0.1, 0.15) is 42.6 Å². The summed E-state index contributed by atoms with van der Waals surface area (Å²) in [5.41, 5.74) is 8.08. The summed E-state index contributed by atoms with van der Waals surface area (Å²) in [4.78, 5) is 50.1. The Morgan fingerprint density at radius 2 is 1.68 bits per heavy atom. The van der Waals surface area contributed by atoms with Crippen LogP contribution in [-0.4, -0.2) is 105 Å². The van der Waals surface area contributed by atoms with E-state index >= 15 is 4.39 Å². The number of carbonyl (C=O) groups is 3. The maximum absolute atomic E-state index is 15.4. The van der Waals surface area contributed by atoms with Crippen LogP contribution in [0.1, 0.15) is 99.5 Å². The molecule has 3 N–H and O–H groups in total. The number of anilines is 1. The van der Waals surface area contributed by atoms with Crippen molar-refractivity contribution in [2.24, 2.45) is 5.41 Å². The monoisotopic (exact) mass is 1080 g/mol. The predicted octanol–water partition coefficient (Wildman–Crippen LogP) is 9.31. The molecule has 2 fully saturated rings. The highest BCUT2D eigenvalue weighted by Gasteiger charge is 2.45. The number of β-amino-alcohol motifs (C(OH)–C–C–N with tert-alkyl or cyclic N) is 1. The van der Waals surface area contributed by atoms with Gasteiger partial charge in [-0.15, -0.1) is 16.4 Å². The average molecular weight is 1080 g/mol. The Morgan fingerprint density at radius 1 is 0.947 bits per heavy atom. The van der Waals surface area contributed by atoms with Crippen molar-refractivity contribution in [3.05, 3.63) is 147 Å². The molecule has 404 valence electrons. The first-order valence-electron chi connectivity index (χ1n) is 26.1. The van der Waals surface area contributed by atoms with Gasteiger partial charge in [0.15, 0.2) is 0 Å². The summed E-state index contributed by atoms with van der Waals surface area (Å²) in [7, 11) is 0. The van der Waals surface area contributed by atoms with E-state index < -0.39 is 35.4 Å². The third-order valence-electron chi connectivity index (χ3n) is 14.4. The highest BCUT2D eigenvalue weighted by molar-refractivity contribution is 7.13. The highest BCUT2D eigenvalue weighted by atomic mass is 35.5. The number of carbonyl (C=O) groups excluding carboxylic acids is 3. The van der Waals surface area contributed by atoms with Gasteiger partial charge >= 0.3 is 0 Å². The lowest BCUT2D eigenvalue weighted by molar-refractivity contribution is -0.144. The van der Waals surface area contributed by atoms with Crippen LogP contribution in [0.3, 0.4) is 0 Å². The molecule has 18 heteroatoms. The molecule has 4 aromatic carbocycles. The van der Waals surface area contributed by atoms with Crippen molar-refractivity contribution in [3.63, 3.8) is 0 Å². The third-order valence-corrected chi connectivity index (χ3v) is 15.9. The number of benzene rings is 4. The lowest BCUT2D eigenvalue weighted by atomic mass is 9.78. The van der Waals surface area contributed by atoms with Gasteiger partial charge in [0, 0.05) is 42.2 Å². The molecule has 15 nitrogen and oxygen atoms in total. The van der Waals surface area contributed by atoms with Gasteiger partial charge in [0.2, 0.25) is 17.7 Å². The van der Waals surface area contributed by atoms with E-state index in [0.29, 0.717) is 37.7 Å². The maximum Gasteiger partial charge on any atom is 0.246 e. The van der Waals surface area contributed by atoms with Crippen LogP contribution in [0, 0.1) is 25.1 Å². The van der Waals surface area contributed by atoms with E-state index in [4.69, 9.17) is 25.8 Å². The van der Waals surface area contributed by atoms with Crippen LogP contribution >= 0.6 is 22.9 Å². The number of aliphatic hydroxyl groups excluding tert-OH is 1. The zero-order valence-electron chi connectivity index (χ0n) is 44.3. The van der Waals surface area contributed by atoms with Crippen molar-refractivity contribution in [2.45, 2.75) is 123 Å². The Balaban J connectivity index is 0.763. The van der Waals surface area contributed by atoms with E-state index in [-0.39, 0.29) is 62.6 Å². The van der Waals surface area contributed by atoms with Gasteiger partial charge < -0.3 is 39.8 Å². The van der Waals surface area contributed by atoms with Gasteiger partial charge in [0.05, 0.1) is 60.8 Å². The van der Waals surface area contributed by atoms with E-state index in [1.54, 1.807) is 34.3 Å². The number of hydrogen-bond acceptors (Lipinski definition) is 12. The first kappa shape index (κ1) is 56.0. The average Bonchev–Trinajstić information content (AvgIpc) is 4.25. The molecule has 3 amide bonds. The van der Waals surface area contributed by atoms with Crippen LogP contribution in [0.15, 0.2) is 103 Å². The topological polar surface area (TPSA) is 173 Å². The van der Waals surface area contributed by atoms with Gasteiger partial charge in [-0.1, -0.05) is 111 Å². The fraction of sp³-hybridized carbons (Fsp3) is 0.448. The summed E-state index contributed by atoms with van der Waals surface area (Å²) in [6.45, 7) is 13.5. The molecule has 0 unspecified atom stereocenters. The summed E-state index contributed by atoms with van der Waals surface area (Å²) in [5.74, 6) is -0.795. The highest BCUT2D eigenvalue weighted by Crippen LogP contribution is 2.44. The zero-order valence-corrected chi connectivity index (χ0v) is 45.8. The fourth-order valence-corrected chi connectivity index (χ4v) is 11.3. The molecule has 1 aliphatic carbocycles. The Labute approximate surface area is 454 Å². The minimum Gasteiger partial charge on any atom is -0.492 e. The van der Waals surface area contributed by atoms with E-state index in [9.17, 15) is 19.5 Å². The molecule has 2 aromatic heterocycles. The summed E-state index contributed by atoms with van der Waals surface area (Å²) in [5, 5.41) is 25.7. The van der Waals surface area contributed by atoms with Crippen molar-refractivity contribution < 1.29 is 38.1 Å². The van der Waals surface area contributed by atoms with E-state index in [1.165, 1.54) is 4.90 Å². The lowest BCUT2D eigenvalue weighted by Gasteiger charge is -2.38. The van der Waals surface area contributed by atoms with Crippen molar-refractivity contribution in [2.75, 3.05) is 44.4 Å². The standard InChI is InChI=1S/C58H70ClFN8O7S/c1-38-12-11-13-43(52(38)59)31-66(36-58(24-9-10-25-58)48-14-7-8-15-49(48)60)45-20-22-47(23-21-45)75-27-26-67-32-44(64-65-67)34-73-28-29-74-35-51(70)63-54(57(4,5)6)56(72)68-33-46(69)30-50(68)55(71)62-39(2)41-16-18-42(19-17-41)53-40(3)61-37-76-53/h7-8,11-23,32,37,39,46,50,54,69H,9-10,24-31,33-36H2,1-6H3,(H,62,71)(H,63,70)/t39-,46-,50-,54+/m0/s1. The number of rotatable bonds is 23. The number of hydrogen-bond donors (Lipinski definition) is 3. The maximum atomic E-state index is 15.4. The molecule has 4 atom stereocenters. The Morgan fingerprint density at radius 3 is 2.39 bits per heavy atom. The predicted molar refractivity (Wildman–Crippen MR) is 293 cm³/mol. The number of likely N-dealkylation sites (tertiary alicyclic amines) is 1. The molecule has 1 aliphatic heterocycles. The van der Waals surface area contributed by atoms with E-state index in [0.717, 1.165) is 74.8 Å².